The van der Waals surface area contributed by atoms with Crippen LogP contribution in [0.3, 0.4) is 0 Å². The van der Waals surface area contributed by atoms with Crippen LogP contribution in [-0.2, 0) is 4.74 Å². The molecule has 0 unspecified atom stereocenters. The summed E-state index contributed by atoms with van der Waals surface area (Å²) >= 11 is 5.16. The Bertz CT molecular complexity index is 1130. The third-order valence-corrected chi connectivity index (χ3v) is 4.78. The standard InChI is InChI=1S/C25H25N5O3S/c1-2-33-24(32)19-8-10-21(11-9-19)29-30-22-14-12-20(13-15-22)26-16-17-27-25(34)28-23(31)18-6-4-3-5-7-18/h3-15,26H,2,16-17H2,1H3,(H2,27,28,31,34). The molecular formula is C25H25N5O3S. The first kappa shape index (κ1) is 24.5. The number of benzene rings is 3. The lowest BCUT2D eigenvalue weighted by Crippen LogP contribution is -2.41. The number of nitrogens with one attached hydrogen (secondary N) is 3. The Morgan fingerprint density at radius 3 is 2.06 bits per heavy atom. The lowest BCUT2D eigenvalue weighted by molar-refractivity contribution is 0.0526. The SMILES string of the molecule is CCOC(=O)c1ccc(N=Nc2ccc(NCCNC(=S)NC(=O)c3ccccc3)cc2)cc1. The van der Waals surface area contributed by atoms with Gasteiger partial charge in [0.05, 0.1) is 23.5 Å². The molecule has 0 spiro atoms. The van der Waals surface area contributed by atoms with Crippen molar-refractivity contribution >= 4 is 46.3 Å². The van der Waals surface area contributed by atoms with Crippen LogP contribution >= 0.6 is 12.2 Å². The first-order valence-electron chi connectivity index (χ1n) is 10.7. The van der Waals surface area contributed by atoms with Gasteiger partial charge in [0.25, 0.3) is 5.91 Å². The van der Waals surface area contributed by atoms with Crippen molar-refractivity contribution in [3.05, 3.63) is 90.0 Å². The molecular weight excluding hydrogens is 450 g/mol. The van der Waals surface area contributed by atoms with Gasteiger partial charge < -0.3 is 15.4 Å². The summed E-state index contributed by atoms with van der Waals surface area (Å²) in [5.41, 5.74) is 3.28. The van der Waals surface area contributed by atoms with E-state index in [1.807, 2.05) is 30.3 Å². The van der Waals surface area contributed by atoms with Gasteiger partial charge in [-0.2, -0.15) is 10.2 Å². The highest BCUT2D eigenvalue weighted by molar-refractivity contribution is 7.80. The van der Waals surface area contributed by atoms with Gasteiger partial charge in [-0.25, -0.2) is 4.79 Å². The third-order valence-electron chi connectivity index (χ3n) is 4.53. The largest absolute Gasteiger partial charge is 0.462 e. The Kier molecular flexibility index (Phi) is 9.24. The van der Waals surface area contributed by atoms with Crippen LogP contribution in [0.5, 0.6) is 0 Å². The number of azo groups is 1. The van der Waals surface area contributed by atoms with Gasteiger partial charge in [-0.1, -0.05) is 18.2 Å². The fourth-order valence-corrected chi connectivity index (χ4v) is 3.03. The smallest absolute Gasteiger partial charge is 0.338 e. The highest BCUT2D eigenvalue weighted by Gasteiger charge is 2.07. The monoisotopic (exact) mass is 475 g/mol. The molecule has 0 heterocycles. The molecule has 3 N–H and O–H groups in total. The molecule has 8 nitrogen and oxygen atoms in total. The number of esters is 1. The summed E-state index contributed by atoms with van der Waals surface area (Å²) in [6, 6.07) is 23.1. The van der Waals surface area contributed by atoms with E-state index < -0.39 is 0 Å². The molecule has 0 bridgehead atoms. The van der Waals surface area contributed by atoms with Crippen molar-refractivity contribution in [3.8, 4) is 0 Å². The van der Waals surface area contributed by atoms with Gasteiger partial charge in [0.2, 0.25) is 0 Å². The predicted octanol–water partition coefficient (Wildman–Crippen LogP) is 5.00. The minimum Gasteiger partial charge on any atom is -0.462 e. The zero-order valence-electron chi connectivity index (χ0n) is 18.7. The quantitative estimate of drug-likeness (QED) is 0.174. The number of hydrogen-bond acceptors (Lipinski definition) is 7. The number of hydrogen-bond donors (Lipinski definition) is 3. The van der Waals surface area contributed by atoms with Crippen LogP contribution in [0.1, 0.15) is 27.6 Å². The molecule has 0 aromatic heterocycles. The second-order valence-electron chi connectivity index (χ2n) is 7.02. The molecule has 0 saturated heterocycles. The molecule has 3 rings (SSSR count). The molecule has 34 heavy (non-hydrogen) atoms. The minimum absolute atomic E-state index is 0.245. The first-order chi connectivity index (χ1) is 16.5. The molecule has 3 aromatic carbocycles. The van der Waals surface area contributed by atoms with Crippen LogP contribution in [0.4, 0.5) is 17.1 Å². The van der Waals surface area contributed by atoms with Gasteiger partial charge in [0, 0.05) is 24.3 Å². The number of carbonyl (C=O) groups is 2. The number of amides is 1. The number of thiocarbonyl (C=S) groups is 1. The summed E-state index contributed by atoms with van der Waals surface area (Å²) in [6.45, 7) is 3.25. The maximum atomic E-state index is 12.1. The predicted molar refractivity (Wildman–Crippen MR) is 136 cm³/mol. The Morgan fingerprint density at radius 1 is 0.824 bits per heavy atom. The van der Waals surface area contributed by atoms with Gasteiger partial charge >= 0.3 is 5.97 Å². The second kappa shape index (κ2) is 12.8. The van der Waals surface area contributed by atoms with Gasteiger partial charge in [-0.15, -0.1) is 0 Å². The molecule has 3 aromatic rings. The fraction of sp³-hybridized carbons (Fsp3) is 0.160. The topological polar surface area (TPSA) is 104 Å². The lowest BCUT2D eigenvalue weighted by Gasteiger charge is -2.11. The highest BCUT2D eigenvalue weighted by atomic mass is 32.1. The molecule has 0 aliphatic rings. The van der Waals surface area contributed by atoms with E-state index >= 15 is 0 Å². The maximum absolute atomic E-state index is 12.1. The molecule has 0 atom stereocenters. The third kappa shape index (κ3) is 7.79. The Morgan fingerprint density at radius 2 is 1.44 bits per heavy atom. The highest BCUT2D eigenvalue weighted by Crippen LogP contribution is 2.20. The van der Waals surface area contributed by atoms with Gasteiger partial charge in [-0.05, 0) is 79.8 Å². The van der Waals surface area contributed by atoms with Gasteiger partial charge in [0.1, 0.15) is 0 Å². The van der Waals surface area contributed by atoms with Crippen molar-refractivity contribution in [2.45, 2.75) is 6.92 Å². The Hall–Kier alpha value is -4.11. The lowest BCUT2D eigenvalue weighted by atomic mass is 10.2. The summed E-state index contributed by atoms with van der Waals surface area (Å²) in [5.74, 6) is -0.603. The van der Waals surface area contributed by atoms with E-state index in [9.17, 15) is 9.59 Å². The van der Waals surface area contributed by atoms with E-state index in [2.05, 4.69) is 26.2 Å². The van der Waals surface area contributed by atoms with Crippen molar-refractivity contribution in [2.24, 2.45) is 10.2 Å². The number of nitrogens with zero attached hydrogens (tertiary/aromatic N) is 2. The van der Waals surface area contributed by atoms with Gasteiger partial charge in [0.15, 0.2) is 5.11 Å². The number of rotatable bonds is 9. The Balaban J connectivity index is 1.39. The van der Waals surface area contributed by atoms with E-state index in [1.54, 1.807) is 55.5 Å². The number of carbonyl (C=O) groups excluding carboxylic acids is 2. The van der Waals surface area contributed by atoms with Crippen LogP contribution < -0.4 is 16.0 Å². The molecule has 174 valence electrons. The molecule has 0 fully saturated rings. The van der Waals surface area contributed by atoms with Crippen LogP contribution in [0.2, 0.25) is 0 Å². The van der Waals surface area contributed by atoms with Crippen molar-refractivity contribution in [2.75, 3.05) is 25.0 Å². The maximum Gasteiger partial charge on any atom is 0.338 e. The molecule has 9 heteroatoms. The average Bonchev–Trinajstić information content (AvgIpc) is 2.87. The van der Waals surface area contributed by atoms with Crippen molar-refractivity contribution in [3.63, 3.8) is 0 Å². The summed E-state index contributed by atoms with van der Waals surface area (Å²) in [7, 11) is 0. The Labute approximate surface area is 203 Å². The molecule has 0 aliphatic carbocycles. The number of ether oxygens (including phenoxy) is 1. The normalized spacial score (nSPS) is 10.5. The molecule has 0 radical (unpaired) electrons. The average molecular weight is 476 g/mol. The van der Waals surface area contributed by atoms with Crippen LogP contribution in [0.25, 0.3) is 0 Å². The zero-order chi connectivity index (χ0) is 24.2. The molecule has 0 aliphatic heterocycles. The van der Waals surface area contributed by atoms with Crippen molar-refractivity contribution in [1.82, 2.24) is 10.6 Å². The number of anilines is 1. The summed E-state index contributed by atoms with van der Waals surface area (Å²) in [5, 5.41) is 17.6. The zero-order valence-corrected chi connectivity index (χ0v) is 19.5. The van der Waals surface area contributed by atoms with Crippen molar-refractivity contribution < 1.29 is 14.3 Å². The fourth-order valence-electron chi connectivity index (χ4n) is 2.83. The van der Waals surface area contributed by atoms with E-state index in [0.717, 1.165) is 5.69 Å². The second-order valence-corrected chi connectivity index (χ2v) is 7.43. The summed E-state index contributed by atoms with van der Waals surface area (Å²) in [4.78, 5) is 23.7. The van der Waals surface area contributed by atoms with E-state index in [-0.39, 0.29) is 17.0 Å². The molecule has 0 saturated carbocycles. The van der Waals surface area contributed by atoms with E-state index in [1.165, 1.54) is 0 Å². The van der Waals surface area contributed by atoms with E-state index in [4.69, 9.17) is 17.0 Å². The van der Waals surface area contributed by atoms with E-state index in [0.29, 0.717) is 42.2 Å². The van der Waals surface area contributed by atoms with Crippen LogP contribution in [0.15, 0.2) is 89.1 Å². The first-order valence-corrected chi connectivity index (χ1v) is 11.1. The van der Waals surface area contributed by atoms with Crippen LogP contribution in [-0.4, -0.2) is 36.7 Å². The van der Waals surface area contributed by atoms with Crippen molar-refractivity contribution in [1.29, 1.82) is 0 Å². The summed E-state index contributed by atoms with van der Waals surface area (Å²) < 4.78 is 4.96. The summed E-state index contributed by atoms with van der Waals surface area (Å²) in [6.07, 6.45) is 0. The molecule has 1 amide bonds. The van der Waals surface area contributed by atoms with Crippen LogP contribution in [0, 0.1) is 0 Å². The van der Waals surface area contributed by atoms with Gasteiger partial charge in [-0.3, -0.25) is 10.1 Å². The minimum atomic E-state index is -0.358.